The van der Waals surface area contributed by atoms with Gasteiger partial charge in [-0.15, -0.1) is 5.10 Å². The number of aryl methyl sites for hydroxylation is 1. The molecule has 1 aliphatic heterocycles. The molecule has 1 amide bonds. The number of fused-ring (bicyclic) bond motifs is 1. The third kappa shape index (κ3) is 3.60. The molecule has 0 aliphatic carbocycles. The summed E-state index contributed by atoms with van der Waals surface area (Å²) in [6.07, 6.45) is 4.30. The molecule has 26 heavy (non-hydrogen) atoms. The van der Waals surface area contributed by atoms with E-state index < -0.39 is 0 Å². The third-order valence-corrected chi connectivity index (χ3v) is 4.52. The summed E-state index contributed by atoms with van der Waals surface area (Å²) in [7, 11) is 0. The van der Waals surface area contributed by atoms with Crippen LogP contribution < -0.4 is 5.32 Å². The van der Waals surface area contributed by atoms with E-state index in [0.29, 0.717) is 35.3 Å². The van der Waals surface area contributed by atoms with E-state index >= 15 is 0 Å². The van der Waals surface area contributed by atoms with Crippen LogP contribution in [-0.2, 0) is 11.2 Å². The number of hydrogen-bond donors (Lipinski definition) is 1. The van der Waals surface area contributed by atoms with Crippen molar-refractivity contribution in [2.45, 2.75) is 26.2 Å². The number of furan rings is 1. The van der Waals surface area contributed by atoms with E-state index in [1.165, 1.54) is 12.8 Å². The van der Waals surface area contributed by atoms with E-state index in [1.54, 1.807) is 22.9 Å². The summed E-state index contributed by atoms with van der Waals surface area (Å²) in [5, 5.41) is 7.34. The average molecular weight is 354 g/mol. The van der Waals surface area contributed by atoms with Crippen LogP contribution in [0, 0.1) is 6.92 Å². The highest BCUT2D eigenvalue weighted by atomic mass is 16.3. The minimum absolute atomic E-state index is 0.0392. The zero-order valence-corrected chi connectivity index (χ0v) is 14.8. The number of nitrogens with zero attached hydrogens (tertiary/aromatic N) is 5. The molecule has 4 rings (SSSR count). The van der Waals surface area contributed by atoms with Crippen molar-refractivity contribution in [3.05, 3.63) is 36.0 Å². The lowest BCUT2D eigenvalue weighted by Crippen LogP contribution is -2.34. The molecule has 0 atom stereocenters. The Morgan fingerprint density at radius 1 is 1.31 bits per heavy atom. The largest absolute Gasteiger partial charge is 0.461 e. The Kier molecular flexibility index (Phi) is 4.66. The lowest BCUT2D eigenvalue weighted by molar-refractivity contribution is -0.120. The first-order chi connectivity index (χ1) is 12.7. The SMILES string of the molecule is Cc1nc2cc(CC(=O)NCCN3CCCC3)nc(-c3ccco3)n2n1. The molecule has 0 radical (unpaired) electrons. The van der Waals surface area contributed by atoms with Crippen molar-refractivity contribution in [2.24, 2.45) is 0 Å². The van der Waals surface area contributed by atoms with Gasteiger partial charge in [-0.2, -0.15) is 4.52 Å². The number of hydrogen-bond acceptors (Lipinski definition) is 6. The quantitative estimate of drug-likeness (QED) is 0.721. The molecule has 3 aromatic heterocycles. The van der Waals surface area contributed by atoms with Gasteiger partial charge in [-0.05, 0) is 45.0 Å². The van der Waals surface area contributed by atoms with Crippen LogP contribution in [0.3, 0.4) is 0 Å². The van der Waals surface area contributed by atoms with E-state index in [2.05, 4.69) is 25.3 Å². The van der Waals surface area contributed by atoms with Crippen LogP contribution >= 0.6 is 0 Å². The minimum atomic E-state index is -0.0392. The predicted octanol–water partition coefficient (Wildman–Crippen LogP) is 1.45. The molecule has 4 heterocycles. The van der Waals surface area contributed by atoms with Crippen molar-refractivity contribution in [1.29, 1.82) is 0 Å². The number of aromatic nitrogens is 4. The van der Waals surface area contributed by atoms with Gasteiger partial charge in [0.1, 0.15) is 5.82 Å². The second kappa shape index (κ2) is 7.25. The molecule has 0 aromatic carbocycles. The molecule has 0 bridgehead atoms. The number of nitrogens with one attached hydrogen (secondary N) is 1. The second-order valence-corrected chi connectivity index (χ2v) is 6.55. The molecule has 1 fully saturated rings. The van der Waals surface area contributed by atoms with Gasteiger partial charge in [0.25, 0.3) is 0 Å². The van der Waals surface area contributed by atoms with Crippen molar-refractivity contribution in [3.63, 3.8) is 0 Å². The van der Waals surface area contributed by atoms with E-state index in [-0.39, 0.29) is 12.3 Å². The Balaban J connectivity index is 1.48. The predicted molar refractivity (Wildman–Crippen MR) is 95.6 cm³/mol. The highest BCUT2D eigenvalue weighted by Crippen LogP contribution is 2.19. The second-order valence-electron chi connectivity index (χ2n) is 6.55. The highest BCUT2D eigenvalue weighted by Gasteiger charge is 2.16. The van der Waals surface area contributed by atoms with Crippen LogP contribution in [0.5, 0.6) is 0 Å². The van der Waals surface area contributed by atoms with Crippen LogP contribution in [0.15, 0.2) is 28.9 Å². The van der Waals surface area contributed by atoms with Gasteiger partial charge in [-0.1, -0.05) is 0 Å². The lowest BCUT2D eigenvalue weighted by Gasteiger charge is -2.14. The summed E-state index contributed by atoms with van der Waals surface area (Å²) in [4.78, 5) is 23.6. The Labute approximate surface area is 151 Å². The Morgan fingerprint density at radius 3 is 2.92 bits per heavy atom. The number of rotatable bonds is 6. The molecule has 1 saturated heterocycles. The van der Waals surface area contributed by atoms with Gasteiger partial charge in [0.05, 0.1) is 18.4 Å². The van der Waals surface area contributed by atoms with Gasteiger partial charge >= 0.3 is 0 Å². The zero-order valence-electron chi connectivity index (χ0n) is 14.8. The molecular weight excluding hydrogens is 332 g/mol. The number of carbonyl (C=O) groups is 1. The third-order valence-electron chi connectivity index (χ3n) is 4.52. The van der Waals surface area contributed by atoms with Crippen LogP contribution in [-0.4, -0.2) is 56.6 Å². The van der Waals surface area contributed by atoms with Gasteiger partial charge < -0.3 is 14.6 Å². The smallest absolute Gasteiger partial charge is 0.226 e. The zero-order chi connectivity index (χ0) is 17.9. The number of carbonyl (C=O) groups excluding carboxylic acids is 1. The molecule has 1 aliphatic rings. The summed E-state index contributed by atoms with van der Waals surface area (Å²) < 4.78 is 7.10. The van der Waals surface area contributed by atoms with Crippen molar-refractivity contribution >= 4 is 11.6 Å². The lowest BCUT2D eigenvalue weighted by atomic mass is 10.2. The maximum absolute atomic E-state index is 12.3. The fourth-order valence-electron chi connectivity index (χ4n) is 3.29. The van der Waals surface area contributed by atoms with Crippen molar-refractivity contribution in [1.82, 2.24) is 29.8 Å². The van der Waals surface area contributed by atoms with Gasteiger partial charge in [-0.3, -0.25) is 4.79 Å². The van der Waals surface area contributed by atoms with Crippen molar-refractivity contribution in [3.8, 4) is 11.6 Å². The van der Waals surface area contributed by atoms with Gasteiger partial charge in [-0.25, -0.2) is 9.97 Å². The van der Waals surface area contributed by atoms with E-state index in [0.717, 1.165) is 19.6 Å². The van der Waals surface area contributed by atoms with E-state index in [1.807, 2.05) is 13.0 Å². The first-order valence-electron chi connectivity index (χ1n) is 8.95. The fourth-order valence-corrected chi connectivity index (χ4v) is 3.29. The average Bonchev–Trinajstić information content (AvgIpc) is 3.35. The van der Waals surface area contributed by atoms with Crippen LogP contribution in [0.25, 0.3) is 17.2 Å². The molecule has 0 saturated carbocycles. The van der Waals surface area contributed by atoms with Crippen LogP contribution in [0.1, 0.15) is 24.4 Å². The fraction of sp³-hybridized carbons (Fsp3) is 0.444. The van der Waals surface area contributed by atoms with Gasteiger partial charge in [0.15, 0.2) is 17.2 Å². The molecule has 8 nitrogen and oxygen atoms in total. The topological polar surface area (TPSA) is 88.6 Å². The standard InChI is InChI=1S/C18H22N6O2/c1-13-20-16-11-14(12-17(25)19-6-9-23-7-2-3-8-23)21-18(24(16)22-13)15-5-4-10-26-15/h4-5,10-11H,2-3,6-9,12H2,1H3,(H,19,25). The molecular formula is C18H22N6O2. The van der Waals surface area contributed by atoms with Crippen LogP contribution in [0.2, 0.25) is 0 Å². The normalized spacial score (nSPS) is 15.0. The Hall–Kier alpha value is -2.74. The molecule has 3 aromatic rings. The number of likely N-dealkylation sites (tertiary alicyclic amines) is 1. The summed E-state index contributed by atoms with van der Waals surface area (Å²) in [6.45, 7) is 5.65. The number of amides is 1. The Morgan fingerprint density at radius 2 is 2.15 bits per heavy atom. The van der Waals surface area contributed by atoms with Crippen molar-refractivity contribution < 1.29 is 9.21 Å². The highest BCUT2D eigenvalue weighted by molar-refractivity contribution is 5.78. The van der Waals surface area contributed by atoms with Gasteiger partial charge in [0.2, 0.25) is 5.91 Å². The molecule has 1 N–H and O–H groups in total. The molecule has 0 spiro atoms. The first kappa shape index (κ1) is 16.7. The molecule has 136 valence electrons. The monoisotopic (exact) mass is 354 g/mol. The molecule has 0 unspecified atom stereocenters. The molecule has 8 heteroatoms. The maximum Gasteiger partial charge on any atom is 0.226 e. The summed E-state index contributed by atoms with van der Waals surface area (Å²) in [5.41, 5.74) is 1.30. The van der Waals surface area contributed by atoms with Crippen LogP contribution in [0.4, 0.5) is 0 Å². The maximum atomic E-state index is 12.3. The summed E-state index contributed by atoms with van der Waals surface area (Å²) >= 11 is 0. The summed E-state index contributed by atoms with van der Waals surface area (Å²) in [5.74, 6) is 1.75. The minimum Gasteiger partial charge on any atom is -0.461 e. The summed E-state index contributed by atoms with van der Waals surface area (Å²) in [6, 6.07) is 5.41. The first-order valence-corrected chi connectivity index (χ1v) is 8.95. The Bertz CT molecular complexity index is 896. The van der Waals surface area contributed by atoms with E-state index in [4.69, 9.17) is 4.42 Å². The van der Waals surface area contributed by atoms with Gasteiger partial charge in [0, 0.05) is 19.2 Å². The van der Waals surface area contributed by atoms with E-state index in [9.17, 15) is 4.79 Å². The van der Waals surface area contributed by atoms with Crippen molar-refractivity contribution in [2.75, 3.05) is 26.2 Å².